The molecule has 170 valence electrons. The second-order valence-electron chi connectivity index (χ2n) is 7.98. The fourth-order valence-corrected chi connectivity index (χ4v) is 4.32. The Kier molecular flexibility index (Phi) is 5.97. The molecule has 0 spiro atoms. The van der Waals surface area contributed by atoms with Crippen molar-refractivity contribution in [3.63, 3.8) is 0 Å². The smallest absolute Gasteiger partial charge is 0.291 e. The van der Waals surface area contributed by atoms with E-state index in [-0.39, 0.29) is 22.7 Å². The first-order valence-corrected chi connectivity index (χ1v) is 11.3. The number of halogens is 2. The highest BCUT2D eigenvalue weighted by Gasteiger charge is 2.25. The highest BCUT2D eigenvalue weighted by molar-refractivity contribution is 6.41. The summed E-state index contributed by atoms with van der Waals surface area (Å²) >= 11 is 11.8. The van der Waals surface area contributed by atoms with E-state index in [1.807, 2.05) is 17.0 Å². The molecule has 0 aliphatic carbocycles. The van der Waals surface area contributed by atoms with Gasteiger partial charge in [-0.25, -0.2) is 0 Å². The molecule has 10 heteroatoms. The molecule has 2 aliphatic rings. The molecule has 33 heavy (non-hydrogen) atoms. The number of ether oxygens (including phenoxy) is 2. The minimum absolute atomic E-state index is 0.0295. The quantitative estimate of drug-likeness (QED) is 0.607. The van der Waals surface area contributed by atoms with Gasteiger partial charge < -0.3 is 19.3 Å². The average Bonchev–Trinajstić information content (AvgIpc) is 3.31. The minimum Gasteiger partial charge on any atom is -0.454 e. The van der Waals surface area contributed by atoms with Gasteiger partial charge in [0.2, 0.25) is 6.79 Å². The van der Waals surface area contributed by atoms with Crippen LogP contribution in [0.1, 0.15) is 15.9 Å². The van der Waals surface area contributed by atoms with Crippen LogP contribution in [-0.4, -0.2) is 53.6 Å². The highest BCUT2D eigenvalue weighted by Crippen LogP contribution is 2.32. The Morgan fingerprint density at radius 1 is 1.03 bits per heavy atom. The average molecular weight is 488 g/mol. The number of nitrogens with zero attached hydrogens (tertiary/aromatic N) is 3. The summed E-state index contributed by atoms with van der Waals surface area (Å²) in [5.74, 6) is 1.55. The molecule has 0 saturated carbocycles. The topological polar surface area (TPSA) is 78.1 Å². The Morgan fingerprint density at radius 3 is 2.52 bits per heavy atom. The van der Waals surface area contributed by atoms with E-state index < -0.39 is 5.56 Å². The first-order valence-electron chi connectivity index (χ1n) is 10.5. The summed E-state index contributed by atoms with van der Waals surface area (Å²) in [5, 5.41) is 4.02. The third-order valence-electron chi connectivity index (χ3n) is 5.88. The summed E-state index contributed by atoms with van der Waals surface area (Å²) in [6.45, 7) is 4.22. The van der Waals surface area contributed by atoms with Crippen LogP contribution in [0.2, 0.25) is 10.0 Å². The highest BCUT2D eigenvalue weighted by atomic mass is 35.5. The van der Waals surface area contributed by atoms with E-state index in [0.717, 1.165) is 35.8 Å². The number of benzene rings is 2. The van der Waals surface area contributed by atoms with E-state index in [1.54, 1.807) is 24.3 Å². The molecule has 1 N–H and O–H groups in total. The van der Waals surface area contributed by atoms with Crippen LogP contribution < -0.4 is 19.9 Å². The molecule has 2 aromatic carbocycles. The number of hydrogen-bond acceptors (Lipinski definition) is 5. The van der Waals surface area contributed by atoms with Gasteiger partial charge in [0.25, 0.3) is 11.5 Å². The fraction of sp³-hybridized carbons (Fsp3) is 0.261. The molecule has 2 aliphatic heterocycles. The van der Waals surface area contributed by atoms with Gasteiger partial charge in [-0.1, -0.05) is 23.2 Å². The second-order valence-corrected chi connectivity index (χ2v) is 8.76. The number of carbonyl (C=O) groups excluding carboxylic acids is 1. The summed E-state index contributed by atoms with van der Waals surface area (Å²) in [6, 6.07) is 12.8. The summed E-state index contributed by atoms with van der Waals surface area (Å²) in [5.41, 5.74) is 1.75. The Labute approximate surface area is 199 Å². The van der Waals surface area contributed by atoms with Gasteiger partial charge >= 0.3 is 0 Å². The molecule has 0 atom stereocenters. The van der Waals surface area contributed by atoms with Gasteiger partial charge in [0, 0.05) is 11.1 Å². The van der Waals surface area contributed by atoms with Gasteiger partial charge in [0.15, 0.2) is 11.5 Å². The molecule has 1 aromatic heterocycles. The van der Waals surface area contributed by atoms with E-state index in [9.17, 15) is 9.59 Å². The number of carbonyl (C=O) groups is 1. The summed E-state index contributed by atoms with van der Waals surface area (Å²) in [4.78, 5) is 28.5. The van der Waals surface area contributed by atoms with Crippen LogP contribution in [-0.2, 0) is 6.54 Å². The number of amides is 1. The van der Waals surface area contributed by atoms with Crippen molar-refractivity contribution >= 4 is 29.1 Å². The Bertz CT molecular complexity index is 1250. The Morgan fingerprint density at radius 2 is 1.76 bits per heavy atom. The van der Waals surface area contributed by atoms with Gasteiger partial charge in [0.1, 0.15) is 11.6 Å². The molecule has 1 amide bonds. The first-order chi connectivity index (χ1) is 16.0. The van der Waals surface area contributed by atoms with Crippen LogP contribution in [0.3, 0.4) is 0 Å². The zero-order chi connectivity index (χ0) is 22.9. The maximum atomic E-state index is 13.0. The van der Waals surface area contributed by atoms with Gasteiger partial charge in [-0.15, -0.1) is 0 Å². The van der Waals surface area contributed by atoms with Crippen LogP contribution >= 0.6 is 23.2 Å². The zero-order valence-corrected chi connectivity index (χ0v) is 19.1. The maximum Gasteiger partial charge on any atom is 0.291 e. The molecule has 3 aromatic rings. The molecule has 8 nitrogen and oxygen atoms in total. The molecular weight excluding hydrogens is 467 g/mol. The number of fused-ring (bicyclic) bond motifs is 1. The van der Waals surface area contributed by atoms with Crippen LogP contribution in [0.15, 0.2) is 53.5 Å². The Hall–Kier alpha value is -3.07. The van der Waals surface area contributed by atoms with E-state index in [1.165, 1.54) is 16.7 Å². The molecule has 1 fully saturated rings. The fourth-order valence-electron chi connectivity index (χ4n) is 4.07. The van der Waals surface area contributed by atoms with Crippen LogP contribution in [0.25, 0.3) is 5.69 Å². The molecule has 5 rings (SSSR count). The number of aromatic nitrogens is 2. The lowest BCUT2D eigenvalue weighted by Gasteiger charge is -2.32. The second kappa shape index (κ2) is 9.05. The summed E-state index contributed by atoms with van der Waals surface area (Å²) in [7, 11) is 0. The number of piperazine rings is 1. The van der Waals surface area contributed by atoms with Crippen molar-refractivity contribution in [2.24, 2.45) is 0 Å². The largest absolute Gasteiger partial charge is 0.454 e. The van der Waals surface area contributed by atoms with Gasteiger partial charge in [-0.2, -0.15) is 9.78 Å². The Balaban J connectivity index is 1.20. The molecule has 1 saturated heterocycles. The van der Waals surface area contributed by atoms with Crippen molar-refractivity contribution in [3.05, 3.63) is 80.2 Å². The molecule has 3 heterocycles. The maximum absolute atomic E-state index is 13.0. The minimum atomic E-state index is -0.509. The number of hydrogen-bond donors (Lipinski definition) is 1. The first kappa shape index (κ1) is 21.8. The zero-order valence-electron chi connectivity index (χ0n) is 17.6. The van der Waals surface area contributed by atoms with E-state index in [0.29, 0.717) is 24.3 Å². The summed E-state index contributed by atoms with van der Waals surface area (Å²) < 4.78 is 12.0. The predicted octanol–water partition coefficient (Wildman–Crippen LogP) is 1.81. The van der Waals surface area contributed by atoms with Crippen molar-refractivity contribution in [1.82, 2.24) is 14.7 Å². The van der Waals surface area contributed by atoms with Crippen molar-refractivity contribution < 1.29 is 19.2 Å². The molecule has 0 unspecified atom stereocenters. The standard InChI is InChI=1S/C23H20Cl2N4O4/c24-18-12-26-29(23(31)21(18)25)17-4-2-16(3-5-17)22(30)28-9-7-27(8-10-28)13-15-1-6-19-20(11-15)33-14-32-19/h1-6,11-12H,7-10,13-14H2/p+1. The van der Waals surface area contributed by atoms with Crippen molar-refractivity contribution in [3.8, 4) is 17.2 Å². The number of quaternary nitrogens is 1. The molecule has 0 bridgehead atoms. The van der Waals surface area contributed by atoms with Gasteiger partial charge in [0.05, 0.1) is 43.1 Å². The van der Waals surface area contributed by atoms with Crippen LogP contribution in [0.5, 0.6) is 11.5 Å². The number of rotatable bonds is 4. The lowest BCUT2D eigenvalue weighted by Crippen LogP contribution is -3.13. The van der Waals surface area contributed by atoms with Gasteiger partial charge in [-0.3, -0.25) is 9.59 Å². The van der Waals surface area contributed by atoms with Crippen molar-refractivity contribution in [2.45, 2.75) is 6.54 Å². The SMILES string of the molecule is O=C(c1ccc(-n2ncc(Cl)c(Cl)c2=O)cc1)N1CC[NH+](Cc2ccc3c(c2)OCO3)CC1. The van der Waals surface area contributed by atoms with Crippen molar-refractivity contribution in [1.29, 1.82) is 0 Å². The van der Waals surface area contributed by atoms with Crippen LogP contribution in [0, 0.1) is 0 Å². The monoisotopic (exact) mass is 487 g/mol. The van der Waals surface area contributed by atoms with Gasteiger partial charge in [-0.05, 0) is 42.5 Å². The third kappa shape index (κ3) is 4.42. The van der Waals surface area contributed by atoms with E-state index in [4.69, 9.17) is 32.7 Å². The van der Waals surface area contributed by atoms with Crippen LogP contribution in [0.4, 0.5) is 0 Å². The molecule has 0 radical (unpaired) electrons. The normalized spacial score (nSPS) is 15.6. The molecular formula is C23H21Cl2N4O4+. The van der Waals surface area contributed by atoms with E-state index >= 15 is 0 Å². The van der Waals surface area contributed by atoms with E-state index in [2.05, 4.69) is 11.2 Å². The van der Waals surface area contributed by atoms with Crippen molar-refractivity contribution in [2.75, 3.05) is 33.0 Å². The third-order valence-corrected chi connectivity index (χ3v) is 6.63. The summed E-state index contributed by atoms with van der Waals surface area (Å²) in [6.07, 6.45) is 1.32. The lowest BCUT2D eigenvalue weighted by atomic mass is 10.1. The lowest BCUT2D eigenvalue weighted by molar-refractivity contribution is -0.917. The number of nitrogens with one attached hydrogen (secondary N) is 1. The predicted molar refractivity (Wildman–Crippen MR) is 123 cm³/mol.